The monoisotopic (exact) mass is 116 g/mol. The van der Waals surface area contributed by atoms with E-state index < -0.39 is 0 Å². The van der Waals surface area contributed by atoms with E-state index in [9.17, 15) is 0 Å². The molecule has 2 nitrogen and oxygen atoms in total. The minimum Gasteiger partial charge on any atom is -0.507 e. The summed E-state index contributed by atoms with van der Waals surface area (Å²) < 4.78 is 0. The molecule has 0 aromatic carbocycles. The maximum atomic E-state index is 8.51. The smallest absolute Gasteiger partial charge is 0.174 e. The fourth-order valence-electron chi connectivity index (χ4n) is 0.315. The molecule has 0 aliphatic rings. The van der Waals surface area contributed by atoms with Crippen LogP contribution in [0.25, 0.3) is 0 Å². The van der Waals surface area contributed by atoms with E-state index in [-0.39, 0.29) is 10.8 Å². The summed E-state index contributed by atoms with van der Waals surface area (Å²) in [5, 5.41) is 18.6. The quantitative estimate of drug-likeness (QED) is 0.534. The summed E-state index contributed by atoms with van der Waals surface area (Å²) in [4.78, 5) is 0. The van der Waals surface area contributed by atoms with Gasteiger partial charge in [0.05, 0.1) is 0 Å². The lowest BCUT2D eigenvalue weighted by Crippen LogP contribution is -1.43. The fourth-order valence-corrected chi connectivity index (χ4v) is 0.814. The molecule has 7 heavy (non-hydrogen) atoms. The molecular formula is C4H4O2S. The second-order valence-electron chi connectivity index (χ2n) is 1.14. The molecule has 0 aliphatic heterocycles. The van der Waals surface area contributed by atoms with Crippen LogP contribution in [0.1, 0.15) is 0 Å². The highest BCUT2D eigenvalue weighted by atomic mass is 32.1. The normalized spacial score (nSPS) is 9.14. The molecule has 0 unspecified atom stereocenters. The Morgan fingerprint density at radius 1 is 1.43 bits per heavy atom. The standard InChI is InChI=1S/C4H4O2S/c5-3-1-4(6)7-2-3/h1-2,5-6H. The lowest BCUT2D eigenvalue weighted by Gasteiger charge is -1.71. The average molecular weight is 116 g/mol. The molecular weight excluding hydrogens is 112 g/mol. The lowest BCUT2D eigenvalue weighted by atomic mass is 10.6. The van der Waals surface area contributed by atoms with Crippen molar-refractivity contribution in [3.63, 3.8) is 0 Å². The van der Waals surface area contributed by atoms with Crippen LogP contribution in [-0.2, 0) is 0 Å². The van der Waals surface area contributed by atoms with Crippen LogP contribution in [-0.4, -0.2) is 10.2 Å². The molecule has 0 fully saturated rings. The van der Waals surface area contributed by atoms with E-state index in [1.807, 2.05) is 0 Å². The van der Waals surface area contributed by atoms with Crippen LogP contribution in [0.3, 0.4) is 0 Å². The van der Waals surface area contributed by atoms with E-state index in [0.717, 1.165) is 11.3 Å². The van der Waals surface area contributed by atoms with Gasteiger partial charge < -0.3 is 10.2 Å². The van der Waals surface area contributed by atoms with E-state index in [1.165, 1.54) is 11.4 Å². The Balaban J connectivity index is 3.04. The zero-order valence-electron chi connectivity index (χ0n) is 3.46. The minimum atomic E-state index is 0.127. The summed E-state index contributed by atoms with van der Waals surface area (Å²) in [5.74, 6) is 0.127. The largest absolute Gasteiger partial charge is 0.507 e. The Morgan fingerprint density at radius 3 is 2.29 bits per heavy atom. The van der Waals surface area contributed by atoms with Crippen LogP contribution >= 0.6 is 11.3 Å². The summed E-state index contributed by atoms with van der Waals surface area (Å²) in [6, 6.07) is 1.30. The fraction of sp³-hybridized carbons (Fsp3) is 0. The lowest BCUT2D eigenvalue weighted by molar-refractivity contribution is 0.464. The third kappa shape index (κ3) is 0.838. The highest BCUT2D eigenvalue weighted by molar-refractivity contribution is 7.12. The second kappa shape index (κ2) is 1.42. The van der Waals surface area contributed by atoms with Crippen LogP contribution in [0.2, 0.25) is 0 Å². The van der Waals surface area contributed by atoms with E-state index in [1.54, 1.807) is 0 Å². The topological polar surface area (TPSA) is 40.5 Å². The van der Waals surface area contributed by atoms with Crippen molar-refractivity contribution < 1.29 is 10.2 Å². The molecule has 0 aliphatic carbocycles. The third-order valence-electron chi connectivity index (χ3n) is 0.572. The number of thiophene rings is 1. The Kier molecular flexibility index (Phi) is 0.906. The summed E-state index contributed by atoms with van der Waals surface area (Å²) in [6.07, 6.45) is 0. The Labute approximate surface area is 44.7 Å². The maximum absolute atomic E-state index is 8.51. The van der Waals surface area contributed by atoms with Gasteiger partial charge in [-0.2, -0.15) is 0 Å². The average Bonchev–Trinajstić information content (AvgIpc) is 1.87. The van der Waals surface area contributed by atoms with E-state index >= 15 is 0 Å². The van der Waals surface area contributed by atoms with E-state index in [2.05, 4.69) is 0 Å². The Morgan fingerprint density at radius 2 is 2.14 bits per heavy atom. The van der Waals surface area contributed by atoms with Gasteiger partial charge >= 0.3 is 0 Å². The van der Waals surface area contributed by atoms with Crippen LogP contribution in [0.15, 0.2) is 11.4 Å². The number of hydrogen-bond donors (Lipinski definition) is 2. The predicted octanol–water partition coefficient (Wildman–Crippen LogP) is 1.16. The second-order valence-corrected chi connectivity index (χ2v) is 2.03. The SMILES string of the molecule is Oc1csc(O)c1. The van der Waals surface area contributed by atoms with E-state index in [4.69, 9.17) is 10.2 Å². The summed E-state index contributed by atoms with van der Waals surface area (Å²) >= 11 is 1.11. The molecule has 1 aromatic rings. The van der Waals surface area contributed by atoms with Gasteiger partial charge in [-0.15, -0.1) is 11.3 Å². The first-order chi connectivity index (χ1) is 3.29. The molecule has 0 saturated carbocycles. The van der Waals surface area contributed by atoms with Crippen LogP contribution < -0.4 is 0 Å². The first-order valence-corrected chi connectivity index (χ1v) is 2.63. The van der Waals surface area contributed by atoms with Gasteiger partial charge in [-0.1, -0.05) is 0 Å². The number of hydrogen-bond acceptors (Lipinski definition) is 3. The molecule has 3 heteroatoms. The van der Waals surface area contributed by atoms with Crippen molar-refractivity contribution in [3.8, 4) is 10.8 Å². The summed E-state index contributed by atoms with van der Waals surface area (Å²) in [6.45, 7) is 0. The van der Waals surface area contributed by atoms with Gasteiger partial charge in [0.15, 0.2) is 5.06 Å². The van der Waals surface area contributed by atoms with Crippen molar-refractivity contribution in [2.24, 2.45) is 0 Å². The molecule has 0 spiro atoms. The van der Waals surface area contributed by atoms with Crippen molar-refractivity contribution in [1.29, 1.82) is 0 Å². The van der Waals surface area contributed by atoms with Crippen molar-refractivity contribution in [2.75, 3.05) is 0 Å². The van der Waals surface area contributed by atoms with Crippen molar-refractivity contribution in [1.82, 2.24) is 0 Å². The number of aromatic hydroxyl groups is 2. The van der Waals surface area contributed by atoms with Crippen molar-refractivity contribution >= 4 is 11.3 Å². The highest BCUT2D eigenvalue weighted by Crippen LogP contribution is 2.24. The zero-order valence-corrected chi connectivity index (χ0v) is 4.27. The number of rotatable bonds is 0. The van der Waals surface area contributed by atoms with Gasteiger partial charge in [0.2, 0.25) is 0 Å². The first kappa shape index (κ1) is 4.46. The van der Waals surface area contributed by atoms with Crippen LogP contribution in [0.5, 0.6) is 10.8 Å². The molecule has 2 N–H and O–H groups in total. The van der Waals surface area contributed by atoms with Gasteiger partial charge in [0.1, 0.15) is 5.75 Å². The summed E-state index contributed by atoms with van der Waals surface area (Å²) in [5.41, 5.74) is 0. The van der Waals surface area contributed by atoms with Crippen molar-refractivity contribution in [2.45, 2.75) is 0 Å². The van der Waals surface area contributed by atoms with Gasteiger partial charge in [-0.3, -0.25) is 0 Å². The Bertz CT molecular complexity index is 142. The van der Waals surface area contributed by atoms with Gasteiger partial charge in [0.25, 0.3) is 0 Å². The van der Waals surface area contributed by atoms with Crippen LogP contribution in [0, 0.1) is 0 Å². The minimum absolute atomic E-state index is 0.127. The first-order valence-electron chi connectivity index (χ1n) is 1.75. The zero-order chi connectivity index (χ0) is 5.28. The van der Waals surface area contributed by atoms with Crippen LogP contribution in [0.4, 0.5) is 0 Å². The molecule has 38 valence electrons. The molecule has 0 bridgehead atoms. The Hall–Kier alpha value is -0.700. The highest BCUT2D eigenvalue weighted by Gasteiger charge is 1.89. The molecule has 1 aromatic heterocycles. The van der Waals surface area contributed by atoms with Gasteiger partial charge in [0, 0.05) is 11.4 Å². The predicted molar refractivity (Wildman–Crippen MR) is 27.6 cm³/mol. The molecule has 0 amide bonds. The van der Waals surface area contributed by atoms with E-state index in [0.29, 0.717) is 0 Å². The molecule has 0 atom stereocenters. The maximum Gasteiger partial charge on any atom is 0.174 e. The van der Waals surface area contributed by atoms with Gasteiger partial charge in [-0.05, 0) is 0 Å². The van der Waals surface area contributed by atoms with Crippen molar-refractivity contribution in [3.05, 3.63) is 11.4 Å². The molecule has 1 rings (SSSR count). The molecule has 1 heterocycles. The van der Waals surface area contributed by atoms with Gasteiger partial charge in [-0.25, -0.2) is 0 Å². The molecule has 0 radical (unpaired) electrons. The third-order valence-corrected chi connectivity index (χ3v) is 1.29. The molecule has 0 saturated heterocycles. The summed E-state index contributed by atoms with van der Waals surface area (Å²) in [7, 11) is 0.